The van der Waals surface area contributed by atoms with Crippen LogP contribution in [0.25, 0.3) is 11.0 Å². The number of aromatic nitrogens is 2. The van der Waals surface area contributed by atoms with Crippen LogP contribution in [0.3, 0.4) is 0 Å². The molecule has 1 heterocycles. The minimum absolute atomic E-state index is 0.0932. The molecule has 0 N–H and O–H groups in total. The van der Waals surface area contributed by atoms with E-state index in [1.165, 1.54) is 12.1 Å². The average Bonchev–Trinajstić information content (AvgIpc) is 2.64. The van der Waals surface area contributed by atoms with Gasteiger partial charge in [0.25, 0.3) is 0 Å². The number of fused-ring (bicyclic) bond motifs is 1. The Kier molecular flexibility index (Phi) is 4.08. The Bertz CT molecular complexity index is 683. The summed E-state index contributed by atoms with van der Waals surface area (Å²) in [5.41, 5.74) is 0.599. The third kappa shape index (κ3) is 3.63. The molecule has 0 radical (unpaired) electrons. The van der Waals surface area contributed by atoms with Crippen LogP contribution >= 0.6 is 11.6 Å². The number of hydrogen-bond donors (Lipinski definition) is 0. The summed E-state index contributed by atoms with van der Waals surface area (Å²) in [6.07, 6.45) is -4.49. The molecular weight excluding hydrogens is 314 g/mol. The van der Waals surface area contributed by atoms with E-state index < -0.39 is 31.0 Å². The molecule has 0 atom stereocenters. The third-order valence-corrected chi connectivity index (χ3v) is 3.09. The van der Waals surface area contributed by atoms with E-state index in [1.807, 2.05) is 0 Å². The van der Waals surface area contributed by atoms with E-state index in [2.05, 4.69) is 4.98 Å². The van der Waals surface area contributed by atoms with Crippen molar-refractivity contribution in [1.29, 1.82) is 0 Å². The first kappa shape index (κ1) is 15.6. The number of hydrogen-bond acceptors (Lipinski definition) is 2. The lowest BCUT2D eigenvalue weighted by Crippen LogP contribution is -2.37. The van der Waals surface area contributed by atoms with Crippen molar-refractivity contribution in [3.63, 3.8) is 0 Å². The molecule has 0 saturated heterocycles. The molecule has 1 aromatic heterocycles. The number of amides is 1. The first-order valence-electron chi connectivity index (χ1n) is 5.79. The number of carbonyl (C=O) groups is 1. The zero-order chi connectivity index (χ0) is 15.8. The van der Waals surface area contributed by atoms with E-state index in [1.54, 1.807) is 0 Å². The lowest BCUT2D eigenvalue weighted by molar-refractivity contribution is -0.158. The molecule has 0 aliphatic heterocycles. The van der Waals surface area contributed by atoms with Crippen LogP contribution < -0.4 is 0 Å². The van der Waals surface area contributed by atoms with Gasteiger partial charge in [-0.25, -0.2) is 9.37 Å². The van der Waals surface area contributed by atoms with Gasteiger partial charge in [0.1, 0.15) is 18.9 Å². The van der Waals surface area contributed by atoms with E-state index in [9.17, 15) is 22.4 Å². The van der Waals surface area contributed by atoms with E-state index in [-0.39, 0.29) is 10.8 Å². The predicted molar refractivity (Wildman–Crippen MR) is 68.4 cm³/mol. The van der Waals surface area contributed by atoms with E-state index in [0.717, 1.165) is 17.7 Å². The molecule has 0 aliphatic rings. The quantitative estimate of drug-likeness (QED) is 0.815. The molecule has 0 aliphatic carbocycles. The fourth-order valence-electron chi connectivity index (χ4n) is 1.83. The first-order chi connectivity index (χ1) is 9.67. The number of carbonyl (C=O) groups excluding carboxylic acids is 1. The highest BCUT2D eigenvalue weighted by atomic mass is 35.5. The lowest BCUT2D eigenvalue weighted by atomic mass is 10.3. The van der Waals surface area contributed by atoms with Gasteiger partial charge in [0, 0.05) is 7.05 Å². The molecule has 0 unspecified atom stereocenters. The summed E-state index contributed by atoms with van der Waals surface area (Å²) in [4.78, 5) is 16.2. The molecule has 114 valence electrons. The van der Waals surface area contributed by atoms with Gasteiger partial charge in [-0.3, -0.25) is 4.79 Å². The van der Waals surface area contributed by atoms with Gasteiger partial charge in [-0.1, -0.05) is 0 Å². The summed E-state index contributed by atoms with van der Waals surface area (Å²) in [5.74, 6) is -1.37. The van der Waals surface area contributed by atoms with Gasteiger partial charge in [-0.15, -0.1) is 0 Å². The monoisotopic (exact) mass is 323 g/mol. The molecular formula is C12H10ClF4N3O. The molecule has 0 bridgehead atoms. The van der Waals surface area contributed by atoms with Gasteiger partial charge in [0.15, 0.2) is 0 Å². The van der Waals surface area contributed by atoms with Gasteiger partial charge in [-0.2, -0.15) is 13.2 Å². The average molecular weight is 324 g/mol. The van der Waals surface area contributed by atoms with Crippen LogP contribution in [-0.2, 0) is 11.3 Å². The molecule has 1 amide bonds. The number of rotatable bonds is 3. The van der Waals surface area contributed by atoms with Crippen molar-refractivity contribution in [2.75, 3.05) is 13.6 Å². The minimum Gasteiger partial charge on any atom is -0.335 e. The number of nitrogens with zero attached hydrogens (tertiary/aromatic N) is 3. The van der Waals surface area contributed by atoms with Crippen molar-refractivity contribution in [3.05, 3.63) is 29.3 Å². The Balaban J connectivity index is 2.25. The molecule has 2 aromatic rings. The Hall–Kier alpha value is -1.83. The van der Waals surface area contributed by atoms with Gasteiger partial charge >= 0.3 is 6.18 Å². The molecule has 4 nitrogen and oxygen atoms in total. The van der Waals surface area contributed by atoms with Crippen molar-refractivity contribution in [1.82, 2.24) is 14.5 Å². The zero-order valence-corrected chi connectivity index (χ0v) is 11.5. The highest BCUT2D eigenvalue weighted by molar-refractivity contribution is 6.29. The maximum Gasteiger partial charge on any atom is 0.406 e. The van der Waals surface area contributed by atoms with E-state index in [4.69, 9.17) is 11.6 Å². The summed E-state index contributed by atoms with van der Waals surface area (Å²) >= 11 is 5.84. The molecule has 1 aromatic carbocycles. The summed E-state index contributed by atoms with van der Waals surface area (Å²) in [6, 6.07) is 3.66. The Labute approximate surface area is 121 Å². The molecule has 0 spiro atoms. The predicted octanol–water partition coefficient (Wildman–Crippen LogP) is 2.85. The second-order valence-electron chi connectivity index (χ2n) is 4.46. The molecule has 9 heteroatoms. The van der Waals surface area contributed by atoms with Gasteiger partial charge in [0.05, 0.1) is 11.0 Å². The minimum atomic E-state index is -4.49. The molecule has 2 rings (SSSR count). The number of halogens is 5. The van der Waals surface area contributed by atoms with Crippen molar-refractivity contribution < 1.29 is 22.4 Å². The molecule has 21 heavy (non-hydrogen) atoms. The lowest BCUT2D eigenvalue weighted by Gasteiger charge is -2.19. The normalized spacial score (nSPS) is 11.9. The number of imidazole rings is 1. The topological polar surface area (TPSA) is 38.1 Å². The SMILES string of the molecule is CN(CC(F)(F)F)C(=O)Cn1c(Cl)nc2ccc(F)cc21. The van der Waals surface area contributed by atoms with Crippen LogP contribution in [-0.4, -0.2) is 40.1 Å². The number of benzene rings is 1. The van der Waals surface area contributed by atoms with Crippen molar-refractivity contribution >= 4 is 28.5 Å². The number of alkyl halides is 3. The number of likely N-dealkylation sites (N-methyl/N-ethyl adjacent to an activating group) is 1. The highest BCUT2D eigenvalue weighted by Gasteiger charge is 2.31. The Morgan fingerprint density at radius 3 is 2.71 bits per heavy atom. The van der Waals surface area contributed by atoms with Crippen molar-refractivity contribution in [2.24, 2.45) is 0 Å². The second kappa shape index (κ2) is 5.51. The van der Waals surface area contributed by atoms with Crippen LogP contribution in [0.5, 0.6) is 0 Å². The van der Waals surface area contributed by atoms with Crippen LogP contribution in [0.4, 0.5) is 17.6 Å². The smallest absolute Gasteiger partial charge is 0.335 e. The highest BCUT2D eigenvalue weighted by Crippen LogP contribution is 2.21. The summed E-state index contributed by atoms with van der Waals surface area (Å²) in [5, 5.41) is -0.0932. The summed E-state index contributed by atoms with van der Waals surface area (Å²) < 4.78 is 51.1. The van der Waals surface area contributed by atoms with Gasteiger partial charge < -0.3 is 9.47 Å². The van der Waals surface area contributed by atoms with Crippen LogP contribution in [0.1, 0.15) is 0 Å². The fraction of sp³-hybridized carbons (Fsp3) is 0.333. The third-order valence-electron chi connectivity index (χ3n) is 2.80. The van der Waals surface area contributed by atoms with E-state index in [0.29, 0.717) is 10.4 Å². The van der Waals surface area contributed by atoms with Crippen LogP contribution in [0, 0.1) is 5.82 Å². The van der Waals surface area contributed by atoms with E-state index >= 15 is 0 Å². The maximum atomic E-state index is 13.2. The van der Waals surface area contributed by atoms with Gasteiger partial charge in [-0.05, 0) is 29.8 Å². The van der Waals surface area contributed by atoms with Crippen molar-refractivity contribution in [3.8, 4) is 0 Å². The Morgan fingerprint density at radius 1 is 1.43 bits per heavy atom. The fourth-order valence-corrected chi connectivity index (χ4v) is 2.07. The maximum absolute atomic E-state index is 13.2. The van der Waals surface area contributed by atoms with Crippen LogP contribution in [0.2, 0.25) is 5.28 Å². The van der Waals surface area contributed by atoms with Crippen molar-refractivity contribution in [2.45, 2.75) is 12.7 Å². The standard InChI is InChI=1S/C12H10ClF4N3O/c1-19(6-12(15,16)17)10(21)5-20-9-4-7(14)2-3-8(9)18-11(20)13/h2-4H,5-6H2,1H3. The zero-order valence-electron chi connectivity index (χ0n) is 10.8. The first-order valence-corrected chi connectivity index (χ1v) is 6.17. The second-order valence-corrected chi connectivity index (χ2v) is 4.80. The largest absolute Gasteiger partial charge is 0.406 e. The Morgan fingerprint density at radius 2 is 2.10 bits per heavy atom. The van der Waals surface area contributed by atoms with Crippen LogP contribution in [0.15, 0.2) is 18.2 Å². The molecule has 0 saturated carbocycles. The summed E-state index contributed by atoms with van der Waals surface area (Å²) in [7, 11) is 1.03. The molecule has 0 fully saturated rings. The van der Waals surface area contributed by atoms with Gasteiger partial charge in [0.2, 0.25) is 11.2 Å². The summed E-state index contributed by atoms with van der Waals surface area (Å²) in [6.45, 7) is -1.82.